The number of carbonyl (C=O) groups is 2. The Morgan fingerprint density at radius 3 is 2.46 bits per heavy atom. The number of benzene rings is 3. The van der Waals surface area contributed by atoms with Gasteiger partial charge in [-0.15, -0.1) is 11.3 Å². The fourth-order valence-corrected chi connectivity index (χ4v) is 4.36. The van der Waals surface area contributed by atoms with Crippen molar-refractivity contribution in [3.63, 3.8) is 0 Å². The van der Waals surface area contributed by atoms with Crippen LogP contribution >= 0.6 is 11.3 Å². The molecule has 28 heavy (non-hydrogen) atoms. The first kappa shape index (κ1) is 16.6. The van der Waals surface area contributed by atoms with Crippen LogP contribution in [0.4, 0.5) is 5.69 Å². The van der Waals surface area contributed by atoms with Gasteiger partial charge in [0.1, 0.15) is 10.8 Å². The molecule has 6 heteroatoms. The molecule has 0 saturated heterocycles. The van der Waals surface area contributed by atoms with E-state index in [9.17, 15) is 9.59 Å². The number of para-hydroxylation sites is 3. The maximum atomic E-state index is 13.1. The molecular formula is C22H14N2O3S. The van der Waals surface area contributed by atoms with Gasteiger partial charge in [-0.3, -0.25) is 9.59 Å². The number of anilines is 1. The van der Waals surface area contributed by atoms with Crippen molar-refractivity contribution in [3.05, 3.63) is 77.9 Å². The number of amides is 2. The van der Waals surface area contributed by atoms with Crippen LogP contribution in [0.3, 0.4) is 0 Å². The third-order valence-electron chi connectivity index (χ3n) is 4.75. The van der Waals surface area contributed by atoms with Crippen LogP contribution in [0, 0.1) is 0 Å². The van der Waals surface area contributed by atoms with E-state index in [1.807, 2.05) is 30.3 Å². The molecule has 3 aromatic carbocycles. The zero-order valence-corrected chi connectivity index (χ0v) is 15.7. The monoisotopic (exact) mass is 386 g/mol. The van der Waals surface area contributed by atoms with Gasteiger partial charge in [0.2, 0.25) is 0 Å². The first-order valence-corrected chi connectivity index (χ1v) is 9.51. The molecule has 1 aromatic heterocycles. The smallest absolute Gasteiger partial charge is 0.266 e. The summed E-state index contributed by atoms with van der Waals surface area (Å²) in [7, 11) is 1.52. The molecule has 0 N–H and O–H groups in total. The first-order valence-electron chi connectivity index (χ1n) is 8.69. The largest absolute Gasteiger partial charge is 0.495 e. The Morgan fingerprint density at radius 1 is 0.893 bits per heavy atom. The third kappa shape index (κ3) is 2.42. The Morgan fingerprint density at radius 2 is 1.64 bits per heavy atom. The quantitative estimate of drug-likeness (QED) is 0.476. The van der Waals surface area contributed by atoms with Crippen LogP contribution in [0.1, 0.15) is 20.7 Å². The summed E-state index contributed by atoms with van der Waals surface area (Å²) in [5.74, 6) is -0.226. The van der Waals surface area contributed by atoms with E-state index in [-0.39, 0.29) is 11.8 Å². The number of hydrogen-bond donors (Lipinski definition) is 0. The van der Waals surface area contributed by atoms with E-state index in [1.54, 1.807) is 47.7 Å². The minimum Gasteiger partial charge on any atom is -0.495 e. The van der Waals surface area contributed by atoms with Crippen molar-refractivity contribution in [1.29, 1.82) is 0 Å². The van der Waals surface area contributed by atoms with Crippen molar-refractivity contribution in [2.45, 2.75) is 0 Å². The van der Waals surface area contributed by atoms with Crippen molar-refractivity contribution >= 4 is 39.1 Å². The molecule has 1 aliphatic heterocycles. The van der Waals surface area contributed by atoms with Crippen molar-refractivity contribution in [3.8, 4) is 16.3 Å². The molecule has 0 spiro atoms. The van der Waals surface area contributed by atoms with E-state index < -0.39 is 0 Å². The highest BCUT2D eigenvalue weighted by Crippen LogP contribution is 2.37. The van der Waals surface area contributed by atoms with Crippen LogP contribution in [0.5, 0.6) is 5.75 Å². The van der Waals surface area contributed by atoms with Gasteiger partial charge >= 0.3 is 0 Å². The zero-order valence-electron chi connectivity index (χ0n) is 14.9. The zero-order chi connectivity index (χ0) is 19.3. The molecular weight excluding hydrogens is 372 g/mol. The van der Waals surface area contributed by atoms with Gasteiger partial charge in [0.05, 0.1) is 34.1 Å². The molecule has 0 unspecified atom stereocenters. The summed E-state index contributed by atoms with van der Waals surface area (Å²) in [6, 6.07) is 20.2. The molecule has 5 nitrogen and oxygen atoms in total. The lowest BCUT2D eigenvalue weighted by atomic mass is 10.1. The van der Waals surface area contributed by atoms with Crippen LogP contribution < -0.4 is 9.64 Å². The molecule has 0 fully saturated rings. The Labute approximate surface area is 164 Å². The van der Waals surface area contributed by atoms with Crippen LogP contribution in [0.15, 0.2) is 66.7 Å². The molecule has 1 aliphatic rings. The van der Waals surface area contributed by atoms with Gasteiger partial charge in [-0.05, 0) is 36.4 Å². The summed E-state index contributed by atoms with van der Waals surface area (Å²) in [6.07, 6.45) is 0. The van der Waals surface area contributed by atoms with Gasteiger partial charge in [0, 0.05) is 5.56 Å². The standard InChI is InChI=1S/C22H14N2O3S/c1-27-18-8-4-3-7-17(18)24-21(25)14-11-10-13(12-15(14)22(24)26)20-23-16-6-2-5-9-19(16)28-20/h2-12H,1H3. The van der Waals surface area contributed by atoms with Crippen LogP contribution in [-0.4, -0.2) is 23.9 Å². The van der Waals surface area contributed by atoms with Crippen molar-refractivity contribution in [2.75, 3.05) is 12.0 Å². The molecule has 2 amide bonds. The summed E-state index contributed by atoms with van der Waals surface area (Å²) in [5.41, 5.74) is 2.95. The summed E-state index contributed by atoms with van der Waals surface area (Å²) in [6.45, 7) is 0. The number of hydrogen-bond acceptors (Lipinski definition) is 5. The lowest BCUT2D eigenvalue weighted by Gasteiger charge is -2.16. The van der Waals surface area contributed by atoms with E-state index >= 15 is 0 Å². The highest BCUT2D eigenvalue weighted by Gasteiger charge is 2.38. The Kier molecular flexibility index (Phi) is 3.74. The Balaban J connectivity index is 1.59. The first-order chi connectivity index (χ1) is 13.7. The number of carbonyl (C=O) groups excluding carboxylic acids is 2. The predicted octanol–water partition coefficient (Wildman–Crippen LogP) is 4.77. The number of thiazole rings is 1. The average Bonchev–Trinajstić information content (AvgIpc) is 3.27. The minimum absolute atomic E-state index is 0.347. The number of ether oxygens (including phenoxy) is 1. The van der Waals surface area contributed by atoms with Crippen molar-refractivity contribution in [2.24, 2.45) is 0 Å². The molecule has 2 heterocycles. The lowest BCUT2D eigenvalue weighted by Crippen LogP contribution is -2.29. The summed E-state index contributed by atoms with van der Waals surface area (Å²) < 4.78 is 6.41. The lowest BCUT2D eigenvalue weighted by molar-refractivity contribution is 0.0925. The summed E-state index contributed by atoms with van der Waals surface area (Å²) >= 11 is 1.56. The highest BCUT2D eigenvalue weighted by molar-refractivity contribution is 7.21. The minimum atomic E-state index is -0.354. The second kappa shape index (κ2) is 6.28. The molecule has 0 saturated carbocycles. The Hall–Kier alpha value is -3.51. The third-order valence-corrected chi connectivity index (χ3v) is 5.84. The van der Waals surface area contributed by atoms with E-state index in [0.717, 1.165) is 20.8 Å². The topological polar surface area (TPSA) is 59.5 Å². The van der Waals surface area contributed by atoms with Crippen molar-refractivity contribution < 1.29 is 14.3 Å². The van der Waals surface area contributed by atoms with Gasteiger partial charge in [0.15, 0.2) is 0 Å². The maximum absolute atomic E-state index is 13.1. The fourth-order valence-electron chi connectivity index (χ4n) is 3.40. The molecule has 0 aliphatic carbocycles. The summed E-state index contributed by atoms with van der Waals surface area (Å²) in [5, 5.41) is 0.819. The van der Waals surface area contributed by atoms with Gasteiger partial charge in [-0.25, -0.2) is 9.88 Å². The van der Waals surface area contributed by atoms with Crippen LogP contribution in [0.25, 0.3) is 20.8 Å². The molecule has 5 rings (SSSR count). The number of aromatic nitrogens is 1. The van der Waals surface area contributed by atoms with E-state index in [2.05, 4.69) is 4.98 Å². The van der Waals surface area contributed by atoms with Gasteiger partial charge in [-0.2, -0.15) is 0 Å². The SMILES string of the molecule is COc1ccccc1N1C(=O)c2ccc(-c3nc4ccccc4s3)cc2C1=O. The van der Waals surface area contributed by atoms with E-state index in [0.29, 0.717) is 22.6 Å². The second-order valence-electron chi connectivity index (χ2n) is 6.36. The maximum Gasteiger partial charge on any atom is 0.266 e. The molecule has 4 aromatic rings. The fraction of sp³-hybridized carbons (Fsp3) is 0.0455. The van der Waals surface area contributed by atoms with Crippen LogP contribution in [-0.2, 0) is 0 Å². The van der Waals surface area contributed by atoms with Gasteiger partial charge < -0.3 is 4.74 Å². The van der Waals surface area contributed by atoms with Gasteiger partial charge in [-0.1, -0.05) is 30.3 Å². The number of imide groups is 1. The number of rotatable bonds is 3. The molecule has 0 radical (unpaired) electrons. The normalized spacial score (nSPS) is 13.2. The highest BCUT2D eigenvalue weighted by atomic mass is 32.1. The average molecular weight is 386 g/mol. The van der Waals surface area contributed by atoms with Crippen molar-refractivity contribution in [1.82, 2.24) is 4.98 Å². The molecule has 0 bridgehead atoms. The summed E-state index contributed by atoms with van der Waals surface area (Å²) in [4.78, 5) is 31.8. The second-order valence-corrected chi connectivity index (χ2v) is 7.40. The van der Waals surface area contributed by atoms with Gasteiger partial charge in [0.25, 0.3) is 11.8 Å². The molecule has 136 valence electrons. The Bertz CT molecular complexity index is 1230. The number of nitrogens with zero attached hydrogens (tertiary/aromatic N) is 2. The number of methoxy groups -OCH3 is 1. The number of fused-ring (bicyclic) bond motifs is 2. The predicted molar refractivity (Wildman–Crippen MR) is 109 cm³/mol. The van der Waals surface area contributed by atoms with Crippen LogP contribution in [0.2, 0.25) is 0 Å². The molecule has 0 atom stereocenters. The van der Waals surface area contributed by atoms with E-state index in [1.165, 1.54) is 12.0 Å². The van der Waals surface area contributed by atoms with E-state index in [4.69, 9.17) is 4.74 Å².